The van der Waals surface area contributed by atoms with Crippen molar-refractivity contribution >= 4 is 35.8 Å². The average molecular weight is 559 g/mol. The van der Waals surface area contributed by atoms with Crippen molar-refractivity contribution in [3.8, 4) is 0 Å². The van der Waals surface area contributed by atoms with Gasteiger partial charge in [-0.3, -0.25) is 9.79 Å². The molecule has 0 radical (unpaired) electrons. The Kier molecular flexibility index (Phi) is 7.94. The van der Waals surface area contributed by atoms with E-state index in [9.17, 15) is 4.79 Å². The predicted molar refractivity (Wildman–Crippen MR) is 144 cm³/mol. The van der Waals surface area contributed by atoms with Crippen LogP contribution in [0.4, 0.5) is 0 Å². The number of halogens is 1. The lowest BCUT2D eigenvalue weighted by Crippen LogP contribution is -2.41. The summed E-state index contributed by atoms with van der Waals surface area (Å²) >= 11 is 0. The molecule has 2 aromatic rings. The number of hydrogen-bond donors (Lipinski definition) is 2. The summed E-state index contributed by atoms with van der Waals surface area (Å²) in [6, 6.07) is 19.4. The highest BCUT2D eigenvalue weighted by Gasteiger charge is 2.52. The molecule has 6 heteroatoms. The normalized spacial score (nSPS) is 25.7. The molecule has 2 aliphatic carbocycles. The van der Waals surface area contributed by atoms with Gasteiger partial charge in [0.05, 0.1) is 0 Å². The average Bonchev–Trinajstić information content (AvgIpc) is 3.44. The molecule has 4 unspecified atom stereocenters. The fourth-order valence-electron chi connectivity index (χ4n) is 5.78. The number of nitrogens with zero attached hydrogens (tertiary/aromatic N) is 2. The summed E-state index contributed by atoms with van der Waals surface area (Å²) in [5.74, 6) is 3.72. The highest BCUT2D eigenvalue weighted by atomic mass is 127. The van der Waals surface area contributed by atoms with Gasteiger partial charge in [-0.1, -0.05) is 54.6 Å². The maximum absolute atomic E-state index is 12.4. The second-order valence-electron chi connectivity index (χ2n) is 9.57. The zero-order valence-electron chi connectivity index (χ0n) is 19.4. The van der Waals surface area contributed by atoms with E-state index in [1.165, 1.54) is 18.4 Å². The Morgan fingerprint density at radius 3 is 2.64 bits per heavy atom. The van der Waals surface area contributed by atoms with Crippen molar-refractivity contribution in [3.63, 3.8) is 0 Å². The van der Waals surface area contributed by atoms with E-state index in [1.54, 1.807) is 11.1 Å². The number of guanidine groups is 1. The van der Waals surface area contributed by atoms with Gasteiger partial charge in [0, 0.05) is 45.6 Å². The van der Waals surface area contributed by atoms with Crippen LogP contribution in [0.5, 0.6) is 0 Å². The van der Waals surface area contributed by atoms with Gasteiger partial charge in [-0.25, -0.2) is 0 Å². The van der Waals surface area contributed by atoms with Crippen LogP contribution in [0.3, 0.4) is 0 Å². The lowest BCUT2D eigenvalue weighted by molar-refractivity contribution is -0.127. The minimum absolute atomic E-state index is 0. The Bertz CT molecular complexity index is 979. The maximum atomic E-state index is 12.4. The van der Waals surface area contributed by atoms with Crippen molar-refractivity contribution in [3.05, 3.63) is 71.3 Å². The molecule has 3 aliphatic rings. The lowest BCUT2D eigenvalue weighted by atomic mass is 9.92. The molecule has 0 aromatic heterocycles. The van der Waals surface area contributed by atoms with Crippen LogP contribution in [0.1, 0.15) is 35.4 Å². The van der Waals surface area contributed by atoms with Crippen molar-refractivity contribution in [2.24, 2.45) is 22.7 Å². The van der Waals surface area contributed by atoms with Gasteiger partial charge >= 0.3 is 0 Å². The molecule has 2 fully saturated rings. The highest BCUT2D eigenvalue weighted by molar-refractivity contribution is 14.0. The third kappa shape index (κ3) is 5.53. The van der Waals surface area contributed by atoms with Gasteiger partial charge in [0.15, 0.2) is 5.96 Å². The van der Waals surface area contributed by atoms with E-state index in [1.807, 2.05) is 18.0 Å². The molecule has 1 saturated heterocycles. The van der Waals surface area contributed by atoms with Crippen molar-refractivity contribution in [1.29, 1.82) is 0 Å². The number of carbonyl (C=O) groups excluding carboxylic acids is 1. The van der Waals surface area contributed by atoms with Gasteiger partial charge in [-0.05, 0) is 53.7 Å². The first-order valence-corrected chi connectivity index (χ1v) is 12.1. The van der Waals surface area contributed by atoms with Crippen molar-refractivity contribution in [2.45, 2.75) is 31.6 Å². The van der Waals surface area contributed by atoms with Gasteiger partial charge in [-0.15, -0.1) is 24.0 Å². The summed E-state index contributed by atoms with van der Waals surface area (Å²) in [4.78, 5) is 18.9. The minimum atomic E-state index is 0. The first kappa shape index (κ1) is 24.0. The molecule has 1 heterocycles. The Labute approximate surface area is 214 Å². The number of nitrogens with one attached hydrogen (secondary N) is 2. The van der Waals surface area contributed by atoms with Crippen molar-refractivity contribution < 1.29 is 4.79 Å². The van der Waals surface area contributed by atoms with E-state index in [2.05, 4.69) is 64.2 Å². The molecular weight excluding hydrogens is 523 g/mol. The van der Waals surface area contributed by atoms with Crippen LogP contribution in [0, 0.1) is 17.8 Å². The van der Waals surface area contributed by atoms with E-state index in [4.69, 9.17) is 0 Å². The molecule has 1 aliphatic heterocycles. The van der Waals surface area contributed by atoms with Crippen LogP contribution in [-0.2, 0) is 17.6 Å². The number of aryl methyl sites for hydroxylation is 1. The summed E-state index contributed by atoms with van der Waals surface area (Å²) in [6.45, 7) is 3.39. The standard InChI is InChI=1S/C27H34N4O.HI/c1-28-27(30-17-24-23-12-11-21-9-5-6-10-22(21)26(23)24)29-16-20-15-25(32)31(18-20)14-13-19-7-3-2-4-8-19;/h2-10,20,23-24,26H,11-18H2,1H3,(H2,28,29,30);1H. The van der Waals surface area contributed by atoms with E-state index >= 15 is 0 Å². The molecule has 5 rings (SSSR count). The Morgan fingerprint density at radius 2 is 1.82 bits per heavy atom. The first-order chi connectivity index (χ1) is 15.7. The number of amides is 1. The van der Waals surface area contributed by atoms with E-state index < -0.39 is 0 Å². The summed E-state index contributed by atoms with van der Waals surface area (Å²) in [5, 5.41) is 7.02. The number of carbonyl (C=O) groups is 1. The predicted octanol–water partition coefficient (Wildman–Crippen LogP) is 3.84. The van der Waals surface area contributed by atoms with Gasteiger partial charge in [0.1, 0.15) is 0 Å². The van der Waals surface area contributed by atoms with Gasteiger partial charge < -0.3 is 15.5 Å². The monoisotopic (exact) mass is 558 g/mol. The molecule has 2 N–H and O–H groups in total. The summed E-state index contributed by atoms with van der Waals surface area (Å²) in [6.07, 6.45) is 4.07. The minimum Gasteiger partial charge on any atom is -0.356 e. The summed E-state index contributed by atoms with van der Waals surface area (Å²) < 4.78 is 0. The maximum Gasteiger partial charge on any atom is 0.223 e. The van der Waals surface area contributed by atoms with Crippen LogP contribution >= 0.6 is 24.0 Å². The summed E-state index contributed by atoms with van der Waals surface area (Å²) in [5.41, 5.74) is 4.40. The smallest absolute Gasteiger partial charge is 0.223 e. The molecule has 1 amide bonds. The zero-order valence-corrected chi connectivity index (χ0v) is 21.7. The zero-order chi connectivity index (χ0) is 21.9. The Hall–Kier alpha value is -2.09. The molecule has 176 valence electrons. The van der Waals surface area contributed by atoms with Crippen molar-refractivity contribution in [1.82, 2.24) is 15.5 Å². The van der Waals surface area contributed by atoms with Crippen LogP contribution in [0.2, 0.25) is 0 Å². The Balaban J connectivity index is 0.00000259. The topological polar surface area (TPSA) is 56.7 Å². The van der Waals surface area contributed by atoms with Gasteiger partial charge in [0.2, 0.25) is 5.91 Å². The van der Waals surface area contributed by atoms with Gasteiger partial charge in [-0.2, -0.15) is 0 Å². The first-order valence-electron chi connectivity index (χ1n) is 12.1. The van der Waals surface area contributed by atoms with Crippen LogP contribution in [0.15, 0.2) is 59.6 Å². The Morgan fingerprint density at radius 1 is 1.06 bits per heavy atom. The number of hydrogen-bond acceptors (Lipinski definition) is 2. The highest BCUT2D eigenvalue weighted by Crippen LogP contribution is 2.59. The molecule has 0 bridgehead atoms. The molecule has 1 saturated carbocycles. The van der Waals surface area contributed by atoms with Crippen LogP contribution < -0.4 is 10.6 Å². The molecule has 5 nitrogen and oxygen atoms in total. The molecule has 4 atom stereocenters. The fourth-order valence-corrected chi connectivity index (χ4v) is 5.78. The number of fused-ring (bicyclic) bond motifs is 3. The summed E-state index contributed by atoms with van der Waals surface area (Å²) in [7, 11) is 1.83. The number of rotatable bonds is 7. The van der Waals surface area contributed by atoms with Crippen molar-refractivity contribution in [2.75, 3.05) is 33.2 Å². The number of likely N-dealkylation sites (tertiary alicyclic amines) is 1. The number of aliphatic imine (C=N–C) groups is 1. The molecule has 33 heavy (non-hydrogen) atoms. The second-order valence-corrected chi connectivity index (χ2v) is 9.57. The van der Waals surface area contributed by atoms with E-state index in [0.29, 0.717) is 18.3 Å². The largest absolute Gasteiger partial charge is 0.356 e. The van der Waals surface area contributed by atoms with Gasteiger partial charge in [0.25, 0.3) is 0 Å². The van der Waals surface area contributed by atoms with E-state index in [0.717, 1.165) is 50.4 Å². The van der Waals surface area contributed by atoms with Crippen LogP contribution in [0.25, 0.3) is 0 Å². The molecular formula is C27H35IN4O. The third-order valence-corrected chi connectivity index (χ3v) is 7.59. The number of benzene rings is 2. The third-order valence-electron chi connectivity index (χ3n) is 7.59. The van der Waals surface area contributed by atoms with E-state index in [-0.39, 0.29) is 29.9 Å². The molecule has 0 spiro atoms. The van der Waals surface area contributed by atoms with Crippen LogP contribution in [-0.4, -0.2) is 50.0 Å². The second kappa shape index (κ2) is 10.9. The lowest BCUT2D eigenvalue weighted by Gasteiger charge is -2.18. The quantitative estimate of drug-likeness (QED) is 0.309. The molecule has 2 aromatic carbocycles. The SMILES string of the molecule is CN=C(NCC1CC(=O)N(CCc2ccccc2)C1)NCC1C2CCc3ccccc3C21.I. The fraction of sp³-hybridized carbons (Fsp3) is 0.481.